The van der Waals surface area contributed by atoms with Gasteiger partial charge in [0.1, 0.15) is 0 Å². The van der Waals surface area contributed by atoms with E-state index in [9.17, 15) is 0 Å². The summed E-state index contributed by atoms with van der Waals surface area (Å²) in [6.07, 6.45) is 1.11. The molecule has 1 unspecified atom stereocenters. The summed E-state index contributed by atoms with van der Waals surface area (Å²) in [4.78, 5) is 0. The highest BCUT2D eigenvalue weighted by Crippen LogP contribution is 2.27. The van der Waals surface area contributed by atoms with Crippen LogP contribution in [0.5, 0.6) is 0 Å². The predicted octanol–water partition coefficient (Wildman–Crippen LogP) is 4.36. The summed E-state index contributed by atoms with van der Waals surface area (Å²) in [7, 11) is 0. The van der Waals surface area contributed by atoms with Crippen LogP contribution in [-0.2, 0) is 10.3 Å². The van der Waals surface area contributed by atoms with E-state index in [-0.39, 0.29) is 5.60 Å². The largest absolute Gasteiger partial charge is 0.370 e. The van der Waals surface area contributed by atoms with E-state index in [1.54, 1.807) is 0 Å². The molecule has 0 saturated heterocycles. The zero-order valence-electron chi connectivity index (χ0n) is 10.4. The highest BCUT2D eigenvalue weighted by atomic mass is 79.9. The summed E-state index contributed by atoms with van der Waals surface area (Å²) < 4.78 is 6.03. The van der Waals surface area contributed by atoms with Crippen molar-refractivity contribution in [2.24, 2.45) is 5.92 Å². The van der Waals surface area contributed by atoms with Crippen LogP contribution in [0, 0.1) is 5.92 Å². The summed E-state index contributed by atoms with van der Waals surface area (Å²) in [6.45, 7) is 7.39. The number of rotatable bonds is 6. The van der Waals surface area contributed by atoms with Gasteiger partial charge in [0.2, 0.25) is 0 Å². The minimum atomic E-state index is -0.212. The maximum Gasteiger partial charge on any atom is 0.0999 e. The second-order valence-corrected chi connectivity index (χ2v) is 5.32. The Kier molecular flexibility index (Phi) is 5.50. The average molecular weight is 285 g/mol. The third-order valence-electron chi connectivity index (χ3n) is 2.76. The minimum Gasteiger partial charge on any atom is -0.370 e. The van der Waals surface area contributed by atoms with Gasteiger partial charge in [-0.15, -0.1) is 0 Å². The number of benzene rings is 1. The smallest absolute Gasteiger partial charge is 0.0999 e. The van der Waals surface area contributed by atoms with Gasteiger partial charge in [-0.2, -0.15) is 0 Å². The Balaban J connectivity index is 2.63. The van der Waals surface area contributed by atoms with Gasteiger partial charge in [-0.1, -0.05) is 60.1 Å². The van der Waals surface area contributed by atoms with Crippen molar-refractivity contribution in [1.29, 1.82) is 0 Å². The lowest BCUT2D eigenvalue weighted by Crippen LogP contribution is -2.28. The van der Waals surface area contributed by atoms with E-state index >= 15 is 0 Å². The standard InChI is InChI=1S/C14H21BrO/c1-12(2)9-10-16-14(3,11-15)13-7-5-4-6-8-13/h4-8,12H,9-11H2,1-3H3. The number of hydrogen-bond acceptors (Lipinski definition) is 1. The van der Waals surface area contributed by atoms with Crippen LogP contribution in [0.15, 0.2) is 30.3 Å². The second-order valence-electron chi connectivity index (χ2n) is 4.76. The monoisotopic (exact) mass is 284 g/mol. The summed E-state index contributed by atoms with van der Waals surface area (Å²) in [5.74, 6) is 0.690. The van der Waals surface area contributed by atoms with E-state index in [2.05, 4.69) is 61.0 Å². The lowest BCUT2D eigenvalue weighted by molar-refractivity contribution is -0.0214. The van der Waals surface area contributed by atoms with Crippen LogP contribution in [-0.4, -0.2) is 11.9 Å². The highest BCUT2D eigenvalue weighted by molar-refractivity contribution is 9.09. The fourth-order valence-electron chi connectivity index (χ4n) is 1.51. The first-order chi connectivity index (χ1) is 7.58. The van der Waals surface area contributed by atoms with Gasteiger partial charge in [0.15, 0.2) is 0 Å². The zero-order valence-corrected chi connectivity index (χ0v) is 12.0. The molecule has 1 rings (SSSR count). The lowest BCUT2D eigenvalue weighted by Gasteiger charge is -2.29. The first kappa shape index (κ1) is 13.7. The maximum absolute atomic E-state index is 6.03. The molecule has 0 N–H and O–H groups in total. The Hall–Kier alpha value is -0.340. The first-order valence-corrected chi connectivity index (χ1v) is 6.96. The summed E-state index contributed by atoms with van der Waals surface area (Å²) in [6, 6.07) is 10.4. The molecule has 0 bridgehead atoms. The van der Waals surface area contributed by atoms with Crippen molar-refractivity contribution in [1.82, 2.24) is 0 Å². The van der Waals surface area contributed by atoms with Crippen LogP contribution >= 0.6 is 15.9 Å². The summed E-state index contributed by atoms with van der Waals surface area (Å²) in [5, 5.41) is 0.822. The molecule has 1 aromatic carbocycles. The van der Waals surface area contributed by atoms with Crippen molar-refractivity contribution in [3.63, 3.8) is 0 Å². The van der Waals surface area contributed by atoms with Crippen molar-refractivity contribution in [2.45, 2.75) is 32.8 Å². The van der Waals surface area contributed by atoms with Gasteiger partial charge in [-0.25, -0.2) is 0 Å². The summed E-state index contributed by atoms with van der Waals surface area (Å²) in [5.41, 5.74) is 1.02. The molecule has 90 valence electrons. The SMILES string of the molecule is CC(C)CCOC(C)(CBr)c1ccccc1. The maximum atomic E-state index is 6.03. The fourth-order valence-corrected chi connectivity index (χ4v) is 2.00. The molecule has 0 heterocycles. The van der Waals surface area contributed by atoms with Crippen LogP contribution in [0.3, 0.4) is 0 Å². The van der Waals surface area contributed by atoms with E-state index < -0.39 is 0 Å². The van der Waals surface area contributed by atoms with Crippen LogP contribution in [0.2, 0.25) is 0 Å². The molecule has 16 heavy (non-hydrogen) atoms. The van der Waals surface area contributed by atoms with Crippen molar-refractivity contribution >= 4 is 15.9 Å². The van der Waals surface area contributed by atoms with Crippen LogP contribution in [0.1, 0.15) is 32.8 Å². The Labute approximate surface area is 107 Å². The Morgan fingerprint density at radius 1 is 1.25 bits per heavy atom. The Bertz CT molecular complexity index is 297. The van der Waals surface area contributed by atoms with Gasteiger partial charge in [-0.3, -0.25) is 0 Å². The molecule has 0 aliphatic heterocycles. The normalized spacial score (nSPS) is 15.1. The number of halogens is 1. The molecule has 1 nitrogen and oxygen atoms in total. The minimum absolute atomic E-state index is 0.212. The Morgan fingerprint density at radius 3 is 2.38 bits per heavy atom. The van der Waals surface area contributed by atoms with Crippen LogP contribution in [0.25, 0.3) is 0 Å². The van der Waals surface area contributed by atoms with E-state index in [0.29, 0.717) is 5.92 Å². The van der Waals surface area contributed by atoms with Crippen molar-refractivity contribution in [3.8, 4) is 0 Å². The topological polar surface area (TPSA) is 9.23 Å². The molecule has 1 atom stereocenters. The zero-order chi connectivity index (χ0) is 12.0. The van der Waals surface area contributed by atoms with Gasteiger partial charge in [0, 0.05) is 11.9 Å². The molecule has 0 radical (unpaired) electrons. The Morgan fingerprint density at radius 2 is 1.88 bits per heavy atom. The first-order valence-electron chi connectivity index (χ1n) is 5.84. The molecule has 0 aliphatic carbocycles. The predicted molar refractivity (Wildman–Crippen MR) is 73.0 cm³/mol. The lowest BCUT2D eigenvalue weighted by atomic mass is 9.98. The molecule has 0 fully saturated rings. The van der Waals surface area contributed by atoms with E-state index in [4.69, 9.17) is 4.74 Å². The molecule has 0 aromatic heterocycles. The molecule has 0 amide bonds. The van der Waals surface area contributed by atoms with Gasteiger partial charge in [0.05, 0.1) is 5.60 Å². The van der Waals surface area contributed by atoms with Crippen LogP contribution < -0.4 is 0 Å². The third-order valence-corrected chi connectivity index (χ3v) is 3.83. The van der Waals surface area contributed by atoms with Gasteiger partial charge >= 0.3 is 0 Å². The van der Waals surface area contributed by atoms with Crippen molar-refractivity contribution in [3.05, 3.63) is 35.9 Å². The van der Waals surface area contributed by atoms with Crippen LogP contribution in [0.4, 0.5) is 0 Å². The van der Waals surface area contributed by atoms with Gasteiger partial charge < -0.3 is 4.74 Å². The molecular weight excluding hydrogens is 264 g/mol. The molecule has 0 spiro atoms. The quantitative estimate of drug-likeness (QED) is 0.706. The average Bonchev–Trinajstić information content (AvgIpc) is 2.29. The molecule has 1 aromatic rings. The van der Waals surface area contributed by atoms with Gasteiger partial charge in [0.25, 0.3) is 0 Å². The van der Waals surface area contributed by atoms with Crippen molar-refractivity contribution < 1.29 is 4.74 Å². The third kappa shape index (κ3) is 3.91. The van der Waals surface area contributed by atoms with E-state index in [0.717, 1.165) is 18.4 Å². The molecule has 0 aliphatic rings. The number of ether oxygens (including phenoxy) is 1. The highest BCUT2D eigenvalue weighted by Gasteiger charge is 2.25. The molecular formula is C14H21BrO. The van der Waals surface area contributed by atoms with Gasteiger partial charge in [-0.05, 0) is 24.8 Å². The van der Waals surface area contributed by atoms with E-state index in [1.165, 1.54) is 5.56 Å². The number of alkyl halides is 1. The summed E-state index contributed by atoms with van der Waals surface area (Å²) >= 11 is 3.55. The molecule has 0 saturated carbocycles. The number of hydrogen-bond donors (Lipinski definition) is 0. The second kappa shape index (κ2) is 6.41. The van der Waals surface area contributed by atoms with E-state index in [1.807, 2.05) is 6.07 Å². The van der Waals surface area contributed by atoms with Crippen molar-refractivity contribution in [2.75, 3.05) is 11.9 Å². The molecule has 2 heteroatoms. The fraction of sp³-hybridized carbons (Fsp3) is 0.571.